The number of hydrogen-bond acceptors (Lipinski definition) is 4. The molecule has 2 amide bonds. The molecule has 1 saturated carbocycles. The van der Waals surface area contributed by atoms with Crippen molar-refractivity contribution in [3.8, 4) is 5.75 Å². The Morgan fingerprint density at radius 1 is 1.19 bits per heavy atom. The second-order valence-corrected chi connectivity index (χ2v) is 7.92. The molecule has 0 saturated heterocycles. The standard InChI is InChI=1S/C22H25F3N2O4/c1-13-18(14(2)28)21(22(23,24)25,20(30)27(13)16-9-5-4-6-10-16)26-19(29)15-8-7-11-17(12-15)31-3/h7-8,11-12,16H,4-6,9-10H2,1-3H3,(H,26,29). The van der Waals surface area contributed by atoms with E-state index >= 15 is 0 Å². The summed E-state index contributed by atoms with van der Waals surface area (Å²) in [6, 6.07) is 5.12. The number of Topliss-reactive ketones (excluding diaryl/α,β-unsaturated/α-hetero) is 1. The number of alkyl halides is 3. The zero-order valence-corrected chi connectivity index (χ0v) is 17.6. The van der Waals surface area contributed by atoms with Crippen molar-refractivity contribution < 1.29 is 32.3 Å². The van der Waals surface area contributed by atoms with Crippen LogP contribution in [0.2, 0.25) is 0 Å². The van der Waals surface area contributed by atoms with Crippen LogP contribution in [0.15, 0.2) is 35.5 Å². The Kier molecular flexibility index (Phi) is 6.16. The van der Waals surface area contributed by atoms with Gasteiger partial charge in [-0.2, -0.15) is 13.2 Å². The number of carbonyl (C=O) groups is 3. The largest absolute Gasteiger partial charge is 0.497 e. The summed E-state index contributed by atoms with van der Waals surface area (Å²) in [6.07, 6.45) is -1.61. The number of nitrogens with zero attached hydrogens (tertiary/aromatic N) is 1. The first kappa shape index (κ1) is 22.8. The quantitative estimate of drug-likeness (QED) is 0.760. The van der Waals surface area contributed by atoms with Crippen molar-refractivity contribution >= 4 is 17.6 Å². The molecule has 1 aromatic rings. The number of ketones is 1. The molecule has 2 aliphatic rings. The molecule has 0 radical (unpaired) electrons. The lowest BCUT2D eigenvalue weighted by Crippen LogP contribution is -2.66. The van der Waals surface area contributed by atoms with Crippen LogP contribution in [0.25, 0.3) is 0 Å². The molecule has 1 aromatic carbocycles. The molecule has 0 aromatic heterocycles. The molecule has 0 bridgehead atoms. The molecule has 1 atom stereocenters. The van der Waals surface area contributed by atoms with Gasteiger partial charge in [0, 0.05) is 17.3 Å². The van der Waals surface area contributed by atoms with E-state index in [0.717, 1.165) is 31.1 Å². The average Bonchev–Trinajstić information content (AvgIpc) is 2.95. The van der Waals surface area contributed by atoms with Crippen LogP contribution in [0.1, 0.15) is 56.3 Å². The predicted molar refractivity (Wildman–Crippen MR) is 106 cm³/mol. The lowest BCUT2D eigenvalue weighted by molar-refractivity contribution is -0.191. The maximum Gasteiger partial charge on any atom is 0.425 e. The Bertz CT molecular complexity index is 935. The third kappa shape index (κ3) is 3.81. The second-order valence-electron chi connectivity index (χ2n) is 7.92. The van der Waals surface area contributed by atoms with Crippen LogP contribution in [-0.4, -0.2) is 47.4 Å². The van der Waals surface area contributed by atoms with Crippen molar-refractivity contribution in [2.24, 2.45) is 0 Å². The first-order valence-corrected chi connectivity index (χ1v) is 10.1. The first-order valence-electron chi connectivity index (χ1n) is 10.1. The molecule has 3 rings (SSSR count). The minimum Gasteiger partial charge on any atom is -0.497 e. The lowest BCUT2D eigenvalue weighted by Gasteiger charge is -2.36. The van der Waals surface area contributed by atoms with Crippen molar-refractivity contribution in [3.63, 3.8) is 0 Å². The van der Waals surface area contributed by atoms with Gasteiger partial charge in [0.2, 0.25) is 5.54 Å². The number of nitrogens with one attached hydrogen (secondary N) is 1. The third-order valence-electron chi connectivity index (χ3n) is 5.99. The second kappa shape index (κ2) is 8.36. The normalized spacial score (nSPS) is 22.6. The highest BCUT2D eigenvalue weighted by atomic mass is 19.4. The smallest absolute Gasteiger partial charge is 0.425 e. The van der Waals surface area contributed by atoms with Gasteiger partial charge in [-0.25, -0.2) is 0 Å². The van der Waals surface area contributed by atoms with Crippen molar-refractivity contribution in [2.75, 3.05) is 7.11 Å². The molecule has 168 valence electrons. The van der Waals surface area contributed by atoms with Gasteiger partial charge in [-0.3, -0.25) is 14.4 Å². The summed E-state index contributed by atoms with van der Waals surface area (Å²) in [5.41, 5.74) is -4.33. The summed E-state index contributed by atoms with van der Waals surface area (Å²) < 4.78 is 48.6. The fourth-order valence-electron chi connectivity index (χ4n) is 4.59. The van der Waals surface area contributed by atoms with Crippen LogP contribution < -0.4 is 10.1 Å². The van der Waals surface area contributed by atoms with Crippen LogP contribution in [0.3, 0.4) is 0 Å². The van der Waals surface area contributed by atoms with Gasteiger partial charge in [0.25, 0.3) is 11.8 Å². The van der Waals surface area contributed by atoms with Gasteiger partial charge in [0.05, 0.1) is 12.7 Å². The molecule has 1 fully saturated rings. The first-order chi connectivity index (χ1) is 14.5. The van der Waals surface area contributed by atoms with E-state index in [1.165, 1.54) is 38.3 Å². The van der Waals surface area contributed by atoms with E-state index in [1.807, 2.05) is 5.32 Å². The number of benzene rings is 1. The number of methoxy groups -OCH3 is 1. The number of ether oxygens (including phenoxy) is 1. The van der Waals surface area contributed by atoms with Crippen LogP contribution in [0, 0.1) is 0 Å². The molecule has 9 heteroatoms. The highest BCUT2D eigenvalue weighted by molar-refractivity contribution is 6.13. The van der Waals surface area contributed by atoms with Crippen LogP contribution >= 0.6 is 0 Å². The highest BCUT2D eigenvalue weighted by Crippen LogP contribution is 2.47. The molecule has 1 N–H and O–H groups in total. The summed E-state index contributed by atoms with van der Waals surface area (Å²) in [5, 5.41) is 1.89. The summed E-state index contributed by atoms with van der Waals surface area (Å²) in [4.78, 5) is 39.7. The number of carbonyl (C=O) groups excluding carboxylic acids is 3. The van der Waals surface area contributed by atoms with Crippen molar-refractivity contribution in [2.45, 2.75) is 63.7 Å². The predicted octanol–water partition coefficient (Wildman–Crippen LogP) is 3.76. The molecule has 0 spiro atoms. The summed E-state index contributed by atoms with van der Waals surface area (Å²) >= 11 is 0. The maximum atomic E-state index is 14.5. The van der Waals surface area contributed by atoms with Gasteiger partial charge >= 0.3 is 6.18 Å². The Morgan fingerprint density at radius 3 is 2.39 bits per heavy atom. The number of allylic oxidation sites excluding steroid dienone is 1. The molecule has 31 heavy (non-hydrogen) atoms. The van der Waals surface area contributed by atoms with Crippen LogP contribution in [0.4, 0.5) is 13.2 Å². The van der Waals surface area contributed by atoms with E-state index in [0.29, 0.717) is 12.8 Å². The van der Waals surface area contributed by atoms with E-state index in [1.54, 1.807) is 0 Å². The summed E-state index contributed by atoms with van der Waals surface area (Å²) in [5.74, 6) is -3.09. The van der Waals surface area contributed by atoms with Gasteiger partial charge in [-0.05, 0) is 44.9 Å². The Labute approximate surface area is 178 Å². The van der Waals surface area contributed by atoms with Gasteiger partial charge in [0.1, 0.15) is 5.75 Å². The Hall–Kier alpha value is -2.84. The zero-order valence-electron chi connectivity index (χ0n) is 17.6. The molecule has 1 aliphatic heterocycles. The van der Waals surface area contributed by atoms with E-state index in [-0.39, 0.29) is 17.0 Å². The Balaban J connectivity index is 2.11. The van der Waals surface area contributed by atoms with Gasteiger partial charge in [-0.15, -0.1) is 0 Å². The zero-order chi connectivity index (χ0) is 23.0. The molecular formula is C22H25F3N2O4. The molecule has 1 heterocycles. The highest BCUT2D eigenvalue weighted by Gasteiger charge is 2.70. The lowest BCUT2D eigenvalue weighted by atomic mass is 9.86. The number of halogens is 3. The van der Waals surface area contributed by atoms with Crippen molar-refractivity contribution in [3.05, 3.63) is 41.1 Å². The topological polar surface area (TPSA) is 75.7 Å². The van der Waals surface area contributed by atoms with E-state index < -0.39 is 40.9 Å². The SMILES string of the molecule is COc1cccc(C(=O)NC2(C(F)(F)F)C(=O)N(C3CCCCC3)C(C)=C2C(C)=O)c1. The fourth-order valence-corrected chi connectivity index (χ4v) is 4.59. The monoisotopic (exact) mass is 438 g/mol. The minimum atomic E-state index is -5.22. The van der Waals surface area contributed by atoms with Crippen LogP contribution in [-0.2, 0) is 9.59 Å². The number of hydrogen-bond donors (Lipinski definition) is 1. The van der Waals surface area contributed by atoms with Gasteiger partial charge in [-0.1, -0.05) is 25.3 Å². The molecule has 1 aliphatic carbocycles. The van der Waals surface area contributed by atoms with E-state index in [2.05, 4.69) is 0 Å². The van der Waals surface area contributed by atoms with Gasteiger partial charge < -0.3 is 15.0 Å². The average molecular weight is 438 g/mol. The fraction of sp³-hybridized carbons (Fsp3) is 0.500. The van der Waals surface area contributed by atoms with E-state index in [4.69, 9.17) is 4.74 Å². The number of amides is 2. The molecule has 6 nitrogen and oxygen atoms in total. The molecule has 1 unspecified atom stereocenters. The maximum absolute atomic E-state index is 14.5. The molecular weight excluding hydrogens is 413 g/mol. The minimum absolute atomic E-state index is 0.0485. The van der Waals surface area contributed by atoms with Crippen molar-refractivity contribution in [1.82, 2.24) is 10.2 Å². The van der Waals surface area contributed by atoms with Gasteiger partial charge in [0.15, 0.2) is 5.78 Å². The number of rotatable bonds is 5. The van der Waals surface area contributed by atoms with Crippen molar-refractivity contribution in [1.29, 1.82) is 0 Å². The van der Waals surface area contributed by atoms with Crippen LogP contribution in [0.5, 0.6) is 5.75 Å². The summed E-state index contributed by atoms with van der Waals surface area (Å²) in [6.45, 7) is 2.32. The third-order valence-corrected chi connectivity index (χ3v) is 5.99. The Morgan fingerprint density at radius 2 is 1.84 bits per heavy atom. The van der Waals surface area contributed by atoms with E-state index in [9.17, 15) is 27.6 Å². The summed E-state index contributed by atoms with van der Waals surface area (Å²) in [7, 11) is 1.36.